The minimum absolute atomic E-state index is 0.0944. The summed E-state index contributed by atoms with van der Waals surface area (Å²) < 4.78 is 1.80. The molecule has 1 aromatic heterocycles. The van der Waals surface area contributed by atoms with Gasteiger partial charge in [-0.1, -0.05) is 47.5 Å². The molecule has 2 heterocycles. The first kappa shape index (κ1) is 17.8. The lowest BCUT2D eigenvalue weighted by atomic mass is 10.0. The normalized spacial score (nSPS) is 16.1. The molecule has 1 atom stereocenters. The number of nitrogens with one attached hydrogen (secondary N) is 2. The molecule has 0 radical (unpaired) electrons. The minimum atomic E-state index is -0.104. The van der Waals surface area contributed by atoms with Crippen LogP contribution >= 0.6 is 11.6 Å². The number of aryl methyl sites for hydroxylation is 2. The van der Waals surface area contributed by atoms with Crippen molar-refractivity contribution in [3.63, 3.8) is 0 Å². The van der Waals surface area contributed by atoms with E-state index in [1.807, 2.05) is 30.3 Å². The average molecular weight is 381 g/mol. The van der Waals surface area contributed by atoms with Crippen LogP contribution in [0, 0.1) is 13.8 Å². The lowest BCUT2D eigenvalue weighted by Crippen LogP contribution is -2.45. The highest BCUT2D eigenvalue weighted by molar-refractivity contribution is 6.30. The molecule has 1 aliphatic heterocycles. The number of amides is 1. The molecule has 2 N–H and O–H groups in total. The predicted molar refractivity (Wildman–Crippen MR) is 107 cm³/mol. The standard InChI is InChI=1S/C21H21ClN4O/c1-13-3-8-17(14(2)9-13)18-10-19-21(27)24-12-20(26(19)25-18)23-11-15-4-6-16(22)7-5-15/h3-10,20,23H,11-12H2,1-2H3,(H,24,27)/t20-/m1/s1. The topological polar surface area (TPSA) is 59.0 Å². The summed E-state index contributed by atoms with van der Waals surface area (Å²) >= 11 is 5.94. The summed E-state index contributed by atoms with van der Waals surface area (Å²) in [6.45, 7) is 5.29. The Morgan fingerprint density at radius 1 is 1.19 bits per heavy atom. The molecule has 1 aliphatic rings. The van der Waals surface area contributed by atoms with Crippen molar-refractivity contribution >= 4 is 17.5 Å². The third-order valence-electron chi connectivity index (χ3n) is 4.83. The van der Waals surface area contributed by atoms with E-state index in [2.05, 4.69) is 42.7 Å². The second-order valence-corrected chi connectivity index (χ2v) is 7.35. The van der Waals surface area contributed by atoms with Gasteiger partial charge in [0.05, 0.1) is 12.2 Å². The number of rotatable bonds is 4. The monoisotopic (exact) mass is 380 g/mol. The summed E-state index contributed by atoms with van der Waals surface area (Å²) in [6, 6.07) is 15.8. The molecule has 138 valence electrons. The van der Waals surface area contributed by atoms with Gasteiger partial charge >= 0.3 is 0 Å². The molecule has 1 amide bonds. The number of aromatic nitrogens is 2. The fourth-order valence-corrected chi connectivity index (χ4v) is 3.52. The number of hydrogen-bond donors (Lipinski definition) is 2. The molecule has 4 rings (SSSR count). The number of carbonyl (C=O) groups is 1. The number of benzene rings is 2. The van der Waals surface area contributed by atoms with Crippen molar-refractivity contribution in [2.45, 2.75) is 26.6 Å². The van der Waals surface area contributed by atoms with Gasteiger partial charge in [0.2, 0.25) is 0 Å². The molecule has 0 saturated carbocycles. The second-order valence-electron chi connectivity index (χ2n) is 6.91. The van der Waals surface area contributed by atoms with E-state index in [0.717, 1.165) is 27.4 Å². The highest BCUT2D eigenvalue weighted by Crippen LogP contribution is 2.26. The molecule has 0 fully saturated rings. The summed E-state index contributed by atoms with van der Waals surface area (Å²) in [5, 5.41) is 11.9. The number of nitrogens with zero attached hydrogens (tertiary/aromatic N) is 2. The molecular formula is C21H21ClN4O. The van der Waals surface area contributed by atoms with Crippen LogP contribution in [0.15, 0.2) is 48.5 Å². The molecule has 0 bridgehead atoms. The fraction of sp³-hybridized carbons (Fsp3) is 0.238. The first-order valence-electron chi connectivity index (χ1n) is 8.94. The zero-order valence-corrected chi connectivity index (χ0v) is 16.0. The van der Waals surface area contributed by atoms with Crippen LogP contribution in [-0.4, -0.2) is 22.2 Å². The Bertz CT molecular complexity index is 994. The van der Waals surface area contributed by atoms with E-state index < -0.39 is 0 Å². The van der Waals surface area contributed by atoms with Gasteiger partial charge < -0.3 is 5.32 Å². The van der Waals surface area contributed by atoms with Crippen LogP contribution in [0.3, 0.4) is 0 Å². The second kappa shape index (κ2) is 7.18. The van der Waals surface area contributed by atoms with Gasteiger partial charge in [0.25, 0.3) is 5.91 Å². The third-order valence-corrected chi connectivity index (χ3v) is 5.08. The Morgan fingerprint density at radius 3 is 2.70 bits per heavy atom. The van der Waals surface area contributed by atoms with Crippen LogP contribution in [0.4, 0.5) is 0 Å². The highest BCUT2D eigenvalue weighted by atomic mass is 35.5. The predicted octanol–water partition coefficient (Wildman–Crippen LogP) is 3.85. The van der Waals surface area contributed by atoms with Crippen LogP contribution in [0.5, 0.6) is 0 Å². The van der Waals surface area contributed by atoms with Gasteiger partial charge in [-0.3, -0.25) is 10.1 Å². The molecule has 5 nitrogen and oxygen atoms in total. The molecule has 3 aromatic rings. The average Bonchev–Trinajstić information content (AvgIpc) is 3.08. The maximum Gasteiger partial charge on any atom is 0.269 e. The van der Waals surface area contributed by atoms with Crippen molar-refractivity contribution in [2.75, 3.05) is 6.54 Å². The van der Waals surface area contributed by atoms with E-state index in [9.17, 15) is 4.79 Å². The molecule has 6 heteroatoms. The fourth-order valence-electron chi connectivity index (χ4n) is 3.40. The molecule has 0 spiro atoms. The quantitative estimate of drug-likeness (QED) is 0.722. The lowest BCUT2D eigenvalue weighted by Gasteiger charge is -2.25. The summed E-state index contributed by atoms with van der Waals surface area (Å²) in [5.74, 6) is -0.0944. The van der Waals surface area contributed by atoms with Crippen molar-refractivity contribution < 1.29 is 4.79 Å². The number of fused-ring (bicyclic) bond motifs is 1. The summed E-state index contributed by atoms with van der Waals surface area (Å²) in [6.07, 6.45) is -0.104. The van der Waals surface area contributed by atoms with Crippen molar-refractivity contribution in [3.8, 4) is 11.3 Å². The van der Waals surface area contributed by atoms with Gasteiger partial charge in [-0.25, -0.2) is 4.68 Å². The van der Waals surface area contributed by atoms with Gasteiger partial charge in [-0.05, 0) is 43.2 Å². The Kier molecular flexibility index (Phi) is 4.72. The molecule has 0 saturated heterocycles. The zero-order chi connectivity index (χ0) is 19.0. The highest BCUT2D eigenvalue weighted by Gasteiger charge is 2.27. The van der Waals surface area contributed by atoms with Crippen LogP contribution < -0.4 is 10.6 Å². The smallest absolute Gasteiger partial charge is 0.269 e. The maximum atomic E-state index is 12.3. The number of carbonyl (C=O) groups excluding carboxylic acids is 1. The maximum absolute atomic E-state index is 12.3. The van der Waals surface area contributed by atoms with Crippen LogP contribution in [-0.2, 0) is 6.54 Å². The molecule has 2 aromatic carbocycles. The minimum Gasteiger partial charge on any atom is -0.347 e. The van der Waals surface area contributed by atoms with Crippen molar-refractivity contribution in [2.24, 2.45) is 0 Å². The molecule has 27 heavy (non-hydrogen) atoms. The Balaban J connectivity index is 1.61. The van der Waals surface area contributed by atoms with Crippen molar-refractivity contribution in [1.82, 2.24) is 20.4 Å². The summed E-state index contributed by atoms with van der Waals surface area (Å²) in [5.41, 5.74) is 5.92. The van der Waals surface area contributed by atoms with Crippen LogP contribution in [0.2, 0.25) is 5.02 Å². The van der Waals surface area contributed by atoms with E-state index in [1.165, 1.54) is 5.56 Å². The van der Waals surface area contributed by atoms with Crippen molar-refractivity contribution in [3.05, 3.63) is 75.9 Å². The lowest BCUT2D eigenvalue weighted by molar-refractivity contribution is 0.0900. The molecular weight excluding hydrogens is 360 g/mol. The van der Waals surface area contributed by atoms with E-state index in [1.54, 1.807) is 4.68 Å². The Labute approximate surface area is 163 Å². The number of halogens is 1. The van der Waals surface area contributed by atoms with Gasteiger partial charge in [-0.15, -0.1) is 0 Å². The van der Waals surface area contributed by atoms with E-state index in [4.69, 9.17) is 16.7 Å². The van der Waals surface area contributed by atoms with E-state index >= 15 is 0 Å². The Hall–Kier alpha value is -2.63. The first-order valence-corrected chi connectivity index (χ1v) is 9.32. The van der Waals surface area contributed by atoms with E-state index in [0.29, 0.717) is 18.8 Å². The van der Waals surface area contributed by atoms with Crippen LogP contribution in [0.25, 0.3) is 11.3 Å². The van der Waals surface area contributed by atoms with Gasteiger partial charge in [-0.2, -0.15) is 5.10 Å². The zero-order valence-electron chi connectivity index (χ0n) is 15.3. The molecule has 0 aliphatic carbocycles. The van der Waals surface area contributed by atoms with Gasteiger partial charge in [0.15, 0.2) is 0 Å². The summed E-state index contributed by atoms with van der Waals surface area (Å²) in [7, 11) is 0. The SMILES string of the molecule is Cc1ccc(-c2cc3n(n2)[C@@H](NCc2ccc(Cl)cc2)CNC3=O)c(C)c1. The van der Waals surface area contributed by atoms with Gasteiger partial charge in [0, 0.05) is 17.1 Å². The molecule has 0 unspecified atom stereocenters. The van der Waals surface area contributed by atoms with Gasteiger partial charge in [0.1, 0.15) is 11.9 Å². The summed E-state index contributed by atoms with van der Waals surface area (Å²) in [4.78, 5) is 12.3. The van der Waals surface area contributed by atoms with E-state index in [-0.39, 0.29) is 12.1 Å². The number of hydrogen-bond acceptors (Lipinski definition) is 3. The Morgan fingerprint density at radius 2 is 1.96 bits per heavy atom. The van der Waals surface area contributed by atoms with Crippen molar-refractivity contribution in [1.29, 1.82) is 0 Å². The first-order chi connectivity index (χ1) is 13.0. The largest absolute Gasteiger partial charge is 0.347 e. The third kappa shape index (κ3) is 3.61. The van der Waals surface area contributed by atoms with Crippen LogP contribution in [0.1, 0.15) is 33.3 Å².